The van der Waals surface area contributed by atoms with Gasteiger partial charge in [-0.15, -0.1) is 0 Å². The summed E-state index contributed by atoms with van der Waals surface area (Å²) in [6.07, 6.45) is 2.30. The molecule has 0 aliphatic carbocycles. The second kappa shape index (κ2) is 7.70. The summed E-state index contributed by atoms with van der Waals surface area (Å²) >= 11 is 0. The summed E-state index contributed by atoms with van der Waals surface area (Å²) in [5.41, 5.74) is 7.36. The first-order chi connectivity index (χ1) is 10.2. The number of nitrogens with zero attached hydrogens (tertiary/aromatic N) is 1. The normalized spacial score (nSPS) is 17.8. The molecule has 1 aliphatic heterocycles. The molecule has 0 aromatic heterocycles. The van der Waals surface area contributed by atoms with Gasteiger partial charge >= 0.3 is 6.03 Å². The van der Waals surface area contributed by atoms with E-state index in [0.29, 0.717) is 19.0 Å². The van der Waals surface area contributed by atoms with Crippen molar-refractivity contribution in [2.45, 2.75) is 26.3 Å². The third kappa shape index (κ3) is 4.51. The fraction of sp³-hybridized carbons (Fsp3) is 0.471. The molecule has 1 aliphatic rings. The van der Waals surface area contributed by atoms with Crippen LogP contribution in [0.2, 0.25) is 0 Å². The van der Waals surface area contributed by atoms with E-state index in [1.165, 1.54) is 6.42 Å². The van der Waals surface area contributed by atoms with E-state index < -0.39 is 0 Å². The van der Waals surface area contributed by atoms with Gasteiger partial charge in [-0.25, -0.2) is 4.79 Å². The quantitative estimate of drug-likeness (QED) is 0.816. The lowest BCUT2D eigenvalue weighted by Gasteiger charge is -2.31. The number of piperidine rings is 1. The number of hydrogen-bond donors (Lipinski definition) is 2. The Morgan fingerprint density at radius 3 is 3.05 bits per heavy atom. The summed E-state index contributed by atoms with van der Waals surface area (Å²) < 4.78 is 0. The summed E-state index contributed by atoms with van der Waals surface area (Å²) in [5, 5.41) is 2.99. The third-order valence-electron chi connectivity index (χ3n) is 3.72. The number of nitrogens with one attached hydrogen (secondary N) is 1. The van der Waals surface area contributed by atoms with Crippen molar-refractivity contribution in [2.75, 3.05) is 19.6 Å². The molecule has 0 radical (unpaired) electrons. The van der Waals surface area contributed by atoms with Crippen molar-refractivity contribution in [3.63, 3.8) is 0 Å². The van der Waals surface area contributed by atoms with Crippen molar-refractivity contribution in [3.05, 3.63) is 35.4 Å². The number of carbonyl (C=O) groups is 1. The fourth-order valence-electron chi connectivity index (χ4n) is 2.60. The summed E-state index contributed by atoms with van der Waals surface area (Å²) in [7, 11) is 0. The van der Waals surface area contributed by atoms with Crippen LogP contribution in [-0.4, -0.2) is 30.6 Å². The number of carbonyl (C=O) groups excluding carboxylic acids is 1. The van der Waals surface area contributed by atoms with Crippen LogP contribution in [0.25, 0.3) is 0 Å². The van der Waals surface area contributed by atoms with E-state index in [4.69, 9.17) is 5.73 Å². The number of urea groups is 1. The molecule has 1 aromatic rings. The van der Waals surface area contributed by atoms with E-state index in [9.17, 15) is 4.79 Å². The zero-order chi connectivity index (χ0) is 15.1. The van der Waals surface area contributed by atoms with Crippen LogP contribution in [0, 0.1) is 17.8 Å². The smallest absolute Gasteiger partial charge is 0.317 e. The lowest BCUT2D eigenvalue weighted by Crippen LogP contribution is -2.44. The van der Waals surface area contributed by atoms with Crippen LogP contribution >= 0.6 is 0 Å². The van der Waals surface area contributed by atoms with Gasteiger partial charge in [0.2, 0.25) is 0 Å². The van der Waals surface area contributed by atoms with Crippen molar-refractivity contribution in [2.24, 2.45) is 11.7 Å². The minimum Gasteiger partial charge on any atom is -0.334 e. The molecule has 1 unspecified atom stereocenters. The maximum absolute atomic E-state index is 12.2. The molecule has 1 heterocycles. The molecule has 1 saturated heterocycles. The van der Waals surface area contributed by atoms with E-state index in [2.05, 4.69) is 24.1 Å². The van der Waals surface area contributed by atoms with Gasteiger partial charge in [-0.05, 0) is 30.4 Å². The molecule has 2 rings (SSSR count). The van der Waals surface area contributed by atoms with Gasteiger partial charge in [0, 0.05) is 25.2 Å². The summed E-state index contributed by atoms with van der Waals surface area (Å²) in [4.78, 5) is 14.1. The van der Waals surface area contributed by atoms with E-state index in [1.54, 1.807) is 0 Å². The number of hydrogen-bond acceptors (Lipinski definition) is 2. The summed E-state index contributed by atoms with van der Waals surface area (Å²) in [5.74, 6) is 6.49. The van der Waals surface area contributed by atoms with Crippen LogP contribution in [0.5, 0.6) is 0 Å². The second-order valence-corrected chi connectivity index (χ2v) is 5.52. The zero-order valence-electron chi connectivity index (χ0n) is 12.6. The number of amides is 2. The Morgan fingerprint density at radius 1 is 1.48 bits per heavy atom. The molecular formula is C17H23N3O. The number of likely N-dealkylation sites (tertiary alicyclic amines) is 1. The molecule has 21 heavy (non-hydrogen) atoms. The van der Waals surface area contributed by atoms with Crippen molar-refractivity contribution in [1.82, 2.24) is 10.2 Å². The van der Waals surface area contributed by atoms with Gasteiger partial charge in [-0.3, -0.25) is 0 Å². The first-order valence-electron chi connectivity index (χ1n) is 7.50. The second-order valence-electron chi connectivity index (χ2n) is 5.52. The van der Waals surface area contributed by atoms with Crippen molar-refractivity contribution < 1.29 is 4.79 Å². The third-order valence-corrected chi connectivity index (χ3v) is 3.72. The lowest BCUT2D eigenvalue weighted by atomic mass is 10.0. The van der Waals surface area contributed by atoms with Gasteiger partial charge in [0.1, 0.15) is 0 Å². The summed E-state index contributed by atoms with van der Waals surface area (Å²) in [6, 6.07) is 7.85. The Bertz CT molecular complexity index is 544. The molecule has 4 nitrogen and oxygen atoms in total. The van der Waals surface area contributed by atoms with Gasteiger partial charge in [0.25, 0.3) is 0 Å². The maximum atomic E-state index is 12.2. The predicted octanol–water partition coefficient (Wildman–Crippen LogP) is 1.94. The highest BCUT2D eigenvalue weighted by atomic mass is 16.2. The standard InChI is InChI=1S/C17H23N3O/c1-14-6-5-11-20(13-14)17(21)19-12-16-8-3-2-7-15(16)9-4-10-18/h2-3,7-8,14H,5-6,10-13,18H2,1H3,(H,19,21). The highest BCUT2D eigenvalue weighted by Gasteiger charge is 2.20. The van der Waals surface area contributed by atoms with Gasteiger partial charge < -0.3 is 16.0 Å². The Hall–Kier alpha value is -1.99. The Labute approximate surface area is 126 Å². The average molecular weight is 285 g/mol. The molecule has 0 spiro atoms. The number of benzene rings is 1. The molecule has 1 fully saturated rings. The zero-order valence-corrected chi connectivity index (χ0v) is 12.6. The van der Waals surface area contributed by atoms with Gasteiger partial charge in [-0.2, -0.15) is 0 Å². The number of nitrogens with two attached hydrogens (primary N) is 1. The van der Waals surface area contributed by atoms with Gasteiger partial charge in [-0.1, -0.05) is 37.0 Å². The molecule has 3 N–H and O–H groups in total. The SMILES string of the molecule is CC1CCCN(C(=O)NCc2ccccc2C#CCN)C1. The molecule has 4 heteroatoms. The minimum absolute atomic E-state index is 0.0168. The van der Waals surface area contributed by atoms with Crippen LogP contribution in [-0.2, 0) is 6.54 Å². The molecule has 1 atom stereocenters. The molecular weight excluding hydrogens is 262 g/mol. The Kier molecular flexibility index (Phi) is 5.65. The van der Waals surface area contributed by atoms with Crippen LogP contribution < -0.4 is 11.1 Å². The predicted molar refractivity (Wildman–Crippen MR) is 84.6 cm³/mol. The Morgan fingerprint density at radius 2 is 2.29 bits per heavy atom. The van der Waals surface area contributed by atoms with Crippen LogP contribution in [0.1, 0.15) is 30.9 Å². The first kappa shape index (κ1) is 15.4. The van der Waals surface area contributed by atoms with Gasteiger partial charge in [0.15, 0.2) is 0 Å². The molecule has 2 amide bonds. The fourth-order valence-corrected chi connectivity index (χ4v) is 2.60. The van der Waals surface area contributed by atoms with Crippen LogP contribution in [0.4, 0.5) is 4.79 Å². The van der Waals surface area contributed by atoms with Crippen molar-refractivity contribution in [3.8, 4) is 11.8 Å². The maximum Gasteiger partial charge on any atom is 0.317 e. The highest BCUT2D eigenvalue weighted by molar-refractivity contribution is 5.74. The first-order valence-corrected chi connectivity index (χ1v) is 7.50. The highest BCUT2D eigenvalue weighted by Crippen LogP contribution is 2.15. The van der Waals surface area contributed by atoms with E-state index in [0.717, 1.165) is 30.6 Å². The Balaban J connectivity index is 1.95. The van der Waals surface area contributed by atoms with E-state index in [1.807, 2.05) is 29.2 Å². The van der Waals surface area contributed by atoms with E-state index in [-0.39, 0.29) is 6.03 Å². The van der Waals surface area contributed by atoms with Crippen LogP contribution in [0.3, 0.4) is 0 Å². The molecule has 112 valence electrons. The van der Waals surface area contributed by atoms with Crippen LogP contribution in [0.15, 0.2) is 24.3 Å². The average Bonchev–Trinajstić information content (AvgIpc) is 2.51. The summed E-state index contributed by atoms with van der Waals surface area (Å²) in [6.45, 7) is 4.73. The monoisotopic (exact) mass is 285 g/mol. The topological polar surface area (TPSA) is 58.4 Å². The lowest BCUT2D eigenvalue weighted by molar-refractivity contribution is 0.169. The largest absolute Gasteiger partial charge is 0.334 e. The van der Waals surface area contributed by atoms with Crippen molar-refractivity contribution >= 4 is 6.03 Å². The van der Waals surface area contributed by atoms with Crippen molar-refractivity contribution in [1.29, 1.82) is 0 Å². The van der Waals surface area contributed by atoms with Gasteiger partial charge in [0.05, 0.1) is 6.54 Å². The van der Waals surface area contributed by atoms with E-state index >= 15 is 0 Å². The number of rotatable bonds is 2. The minimum atomic E-state index is 0.0168. The molecule has 0 saturated carbocycles. The molecule has 0 bridgehead atoms. The molecule has 1 aromatic carbocycles.